The van der Waals surface area contributed by atoms with E-state index in [-0.39, 0.29) is 36.8 Å². The molecule has 3 rings (SSSR count). The van der Waals surface area contributed by atoms with Crippen molar-refractivity contribution in [3.05, 3.63) is 81.9 Å². The van der Waals surface area contributed by atoms with Crippen LogP contribution in [0.5, 0.6) is 0 Å². The Morgan fingerprint density at radius 3 is 1.83 bits per heavy atom. The number of rotatable bonds is 5. The lowest BCUT2D eigenvalue weighted by molar-refractivity contribution is -0.143. The summed E-state index contributed by atoms with van der Waals surface area (Å²) in [7, 11) is 0. The standard InChI is InChI=1S/C23H19F9N2O/c24-21(25,26)17-5-3-14(4-6-17)11-33-20(35)16-2-1-7-34(13-16)12-15-8-18(22(27,28)29)10-19(9-15)23(30,31)32/h2-6,8-10H,1,7,11-13H2,(H,33,35). The highest BCUT2D eigenvalue weighted by atomic mass is 19.4. The van der Waals surface area contributed by atoms with Crippen LogP contribution in [0.4, 0.5) is 39.5 Å². The third-order valence-corrected chi connectivity index (χ3v) is 5.31. The predicted octanol–water partition coefficient (Wildman–Crippen LogP) is 6.19. The summed E-state index contributed by atoms with van der Waals surface area (Å²) in [5.41, 5.74) is -3.18. The van der Waals surface area contributed by atoms with Gasteiger partial charge in [-0.15, -0.1) is 0 Å². The van der Waals surface area contributed by atoms with Crippen LogP contribution in [0.15, 0.2) is 54.1 Å². The summed E-state index contributed by atoms with van der Waals surface area (Å²) in [5, 5.41) is 2.56. The summed E-state index contributed by atoms with van der Waals surface area (Å²) in [6.45, 7) is -0.00285. The number of nitrogens with one attached hydrogen (secondary N) is 1. The lowest BCUT2D eigenvalue weighted by Gasteiger charge is -2.27. The maximum absolute atomic E-state index is 13.1. The quantitative estimate of drug-likeness (QED) is 0.487. The van der Waals surface area contributed by atoms with E-state index in [0.717, 1.165) is 12.1 Å². The first-order chi connectivity index (χ1) is 16.1. The van der Waals surface area contributed by atoms with Crippen molar-refractivity contribution in [1.82, 2.24) is 10.2 Å². The van der Waals surface area contributed by atoms with Crippen LogP contribution in [0.25, 0.3) is 0 Å². The van der Waals surface area contributed by atoms with Gasteiger partial charge < -0.3 is 5.32 Å². The highest BCUT2D eigenvalue weighted by molar-refractivity contribution is 5.93. The zero-order valence-electron chi connectivity index (χ0n) is 17.9. The van der Waals surface area contributed by atoms with Crippen molar-refractivity contribution in [3.63, 3.8) is 0 Å². The van der Waals surface area contributed by atoms with Crippen LogP contribution in [0, 0.1) is 0 Å². The van der Waals surface area contributed by atoms with Crippen LogP contribution in [0.1, 0.15) is 34.2 Å². The second-order valence-electron chi connectivity index (χ2n) is 8.02. The van der Waals surface area contributed by atoms with Gasteiger partial charge in [0.1, 0.15) is 0 Å². The van der Waals surface area contributed by atoms with E-state index in [0.29, 0.717) is 30.7 Å². The number of carbonyl (C=O) groups excluding carboxylic acids is 1. The van der Waals surface area contributed by atoms with Gasteiger partial charge in [-0.25, -0.2) is 0 Å². The topological polar surface area (TPSA) is 32.3 Å². The van der Waals surface area contributed by atoms with Crippen LogP contribution >= 0.6 is 0 Å². The Labute approximate surface area is 194 Å². The molecule has 0 saturated carbocycles. The number of nitrogens with zero attached hydrogens (tertiary/aromatic N) is 1. The summed E-state index contributed by atoms with van der Waals surface area (Å²) in [6, 6.07) is 5.56. The van der Waals surface area contributed by atoms with E-state index < -0.39 is 41.1 Å². The first-order valence-corrected chi connectivity index (χ1v) is 10.3. The van der Waals surface area contributed by atoms with Crippen molar-refractivity contribution >= 4 is 5.91 Å². The number of carbonyl (C=O) groups is 1. The van der Waals surface area contributed by atoms with Crippen molar-refractivity contribution in [2.24, 2.45) is 0 Å². The van der Waals surface area contributed by atoms with Crippen molar-refractivity contribution in [2.45, 2.75) is 38.0 Å². The number of halogens is 9. The van der Waals surface area contributed by atoms with Gasteiger partial charge in [-0.1, -0.05) is 18.2 Å². The Morgan fingerprint density at radius 1 is 0.771 bits per heavy atom. The molecule has 0 aromatic heterocycles. The Kier molecular flexibility index (Phi) is 7.53. The molecular weight excluding hydrogens is 491 g/mol. The summed E-state index contributed by atoms with van der Waals surface area (Å²) in [6.07, 6.45) is -12.5. The molecular formula is C23H19F9N2O. The number of hydrogen-bond donors (Lipinski definition) is 1. The molecule has 2 aromatic rings. The third kappa shape index (κ3) is 7.23. The number of benzene rings is 2. The van der Waals surface area contributed by atoms with Crippen LogP contribution in [0.3, 0.4) is 0 Å². The Bertz CT molecular complexity index is 1050. The molecule has 3 nitrogen and oxygen atoms in total. The molecule has 0 radical (unpaired) electrons. The van der Waals surface area contributed by atoms with Crippen molar-refractivity contribution in [2.75, 3.05) is 13.1 Å². The molecule has 0 aliphatic carbocycles. The third-order valence-electron chi connectivity index (χ3n) is 5.31. The lowest BCUT2D eigenvalue weighted by Crippen LogP contribution is -2.36. The van der Waals surface area contributed by atoms with E-state index in [1.807, 2.05) is 0 Å². The lowest BCUT2D eigenvalue weighted by atomic mass is 10.0. The molecule has 12 heteroatoms. The molecule has 1 aliphatic rings. The predicted molar refractivity (Wildman–Crippen MR) is 108 cm³/mol. The minimum Gasteiger partial charge on any atom is -0.348 e. The maximum atomic E-state index is 13.1. The maximum Gasteiger partial charge on any atom is 0.416 e. The summed E-state index contributed by atoms with van der Waals surface area (Å²) in [5.74, 6) is -0.533. The van der Waals surface area contributed by atoms with Gasteiger partial charge in [0.25, 0.3) is 0 Å². The Hall–Kier alpha value is -3.02. The highest BCUT2D eigenvalue weighted by Crippen LogP contribution is 2.36. The fourth-order valence-corrected chi connectivity index (χ4v) is 3.58. The molecule has 1 amide bonds. The van der Waals surface area contributed by atoms with Gasteiger partial charge in [-0.05, 0) is 47.9 Å². The van der Waals surface area contributed by atoms with E-state index in [1.54, 1.807) is 11.0 Å². The van der Waals surface area contributed by atoms with E-state index in [4.69, 9.17) is 0 Å². The molecule has 35 heavy (non-hydrogen) atoms. The van der Waals surface area contributed by atoms with E-state index in [1.165, 1.54) is 12.1 Å². The monoisotopic (exact) mass is 510 g/mol. The fraction of sp³-hybridized carbons (Fsp3) is 0.348. The molecule has 2 aromatic carbocycles. The van der Waals surface area contributed by atoms with Crippen molar-refractivity contribution in [3.8, 4) is 0 Å². The average Bonchev–Trinajstić information content (AvgIpc) is 2.76. The first kappa shape index (κ1) is 26.6. The largest absolute Gasteiger partial charge is 0.416 e. The molecule has 0 bridgehead atoms. The molecule has 0 spiro atoms. The normalized spacial score (nSPS) is 15.6. The molecule has 0 atom stereocenters. The van der Waals surface area contributed by atoms with Crippen molar-refractivity contribution < 1.29 is 44.3 Å². The van der Waals surface area contributed by atoms with Crippen LogP contribution in [0.2, 0.25) is 0 Å². The smallest absolute Gasteiger partial charge is 0.348 e. The van der Waals surface area contributed by atoms with Gasteiger partial charge in [0.2, 0.25) is 5.91 Å². The number of alkyl halides is 9. The van der Waals surface area contributed by atoms with E-state index >= 15 is 0 Å². The minimum absolute atomic E-state index is 0.0174. The molecule has 1 N–H and O–H groups in total. The van der Waals surface area contributed by atoms with Crippen LogP contribution in [-0.2, 0) is 36.4 Å². The highest BCUT2D eigenvalue weighted by Gasteiger charge is 2.37. The van der Waals surface area contributed by atoms with Crippen LogP contribution < -0.4 is 5.32 Å². The minimum atomic E-state index is -4.96. The van der Waals surface area contributed by atoms with Gasteiger partial charge >= 0.3 is 18.5 Å². The second-order valence-corrected chi connectivity index (χ2v) is 8.02. The number of amides is 1. The SMILES string of the molecule is O=C(NCc1ccc(C(F)(F)F)cc1)C1=CCCN(Cc2cc(C(F)(F)F)cc(C(F)(F)F)c2)C1. The van der Waals surface area contributed by atoms with E-state index in [2.05, 4.69) is 5.32 Å². The van der Waals surface area contributed by atoms with Gasteiger partial charge in [-0.3, -0.25) is 9.69 Å². The van der Waals surface area contributed by atoms with Gasteiger partial charge in [0.15, 0.2) is 0 Å². The molecule has 0 unspecified atom stereocenters. The van der Waals surface area contributed by atoms with Gasteiger partial charge in [0.05, 0.1) is 16.7 Å². The van der Waals surface area contributed by atoms with Gasteiger partial charge in [-0.2, -0.15) is 39.5 Å². The van der Waals surface area contributed by atoms with Crippen LogP contribution in [-0.4, -0.2) is 23.9 Å². The molecule has 0 fully saturated rings. The van der Waals surface area contributed by atoms with E-state index in [9.17, 15) is 44.3 Å². The fourth-order valence-electron chi connectivity index (χ4n) is 3.58. The molecule has 0 saturated heterocycles. The molecule has 190 valence electrons. The van der Waals surface area contributed by atoms with Gasteiger partial charge in [0, 0.05) is 31.8 Å². The zero-order valence-corrected chi connectivity index (χ0v) is 17.9. The zero-order chi connectivity index (χ0) is 26.0. The molecule has 1 aliphatic heterocycles. The molecule has 1 heterocycles. The Balaban J connectivity index is 1.65. The average molecular weight is 510 g/mol. The summed E-state index contributed by atoms with van der Waals surface area (Å²) in [4.78, 5) is 14.0. The summed E-state index contributed by atoms with van der Waals surface area (Å²) >= 11 is 0. The summed E-state index contributed by atoms with van der Waals surface area (Å²) < 4.78 is 116. The van der Waals surface area contributed by atoms with Crippen molar-refractivity contribution in [1.29, 1.82) is 0 Å². The first-order valence-electron chi connectivity index (χ1n) is 10.3. The number of hydrogen-bond acceptors (Lipinski definition) is 2. The Morgan fingerprint density at radius 2 is 1.31 bits per heavy atom. The second kappa shape index (κ2) is 9.92.